The van der Waals surface area contributed by atoms with E-state index in [2.05, 4.69) is 10.3 Å². The summed E-state index contributed by atoms with van der Waals surface area (Å²) in [4.78, 5) is 4.03. The van der Waals surface area contributed by atoms with Gasteiger partial charge in [0.15, 0.2) is 0 Å². The van der Waals surface area contributed by atoms with Crippen molar-refractivity contribution in [2.24, 2.45) is 0 Å². The average molecular weight is 234 g/mol. The van der Waals surface area contributed by atoms with Crippen LogP contribution in [0.5, 0.6) is 0 Å². The Hall–Kier alpha value is -1.74. The van der Waals surface area contributed by atoms with E-state index in [1.165, 1.54) is 0 Å². The number of hydrogen-bond acceptors (Lipinski definition) is 3. The number of nitrogens with zero attached hydrogens (tertiary/aromatic N) is 1. The molecule has 0 amide bonds. The Morgan fingerprint density at radius 3 is 2.81 bits per heavy atom. The van der Waals surface area contributed by atoms with Gasteiger partial charge in [0.2, 0.25) is 0 Å². The maximum atomic E-state index is 6.02. The minimum absolute atomic E-state index is 0.614. The van der Waals surface area contributed by atoms with Crippen LogP contribution in [0.2, 0.25) is 5.02 Å². The molecule has 2 aromatic rings. The number of halogens is 1. The van der Waals surface area contributed by atoms with Crippen LogP contribution >= 0.6 is 11.6 Å². The highest BCUT2D eigenvalue weighted by Crippen LogP contribution is 2.21. The summed E-state index contributed by atoms with van der Waals surface area (Å²) >= 11 is 6.02. The van der Waals surface area contributed by atoms with Gasteiger partial charge in [-0.05, 0) is 18.2 Å². The van der Waals surface area contributed by atoms with Gasteiger partial charge in [-0.25, -0.2) is 0 Å². The molecule has 1 heterocycles. The van der Waals surface area contributed by atoms with E-state index in [0.29, 0.717) is 11.6 Å². The fraction of sp³-hybridized carbons (Fsp3) is 0.0833. The lowest BCUT2D eigenvalue weighted by molar-refractivity contribution is 1.12. The molecule has 3 nitrogen and oxygen atoms in total. The van der Waals surface area contributed by atoms with Gasteiger partial charge in [0, 0.05) is 30.2 Å². The number of para-hydroxylation sites is 1. The van der Waals surface area contributed by atoms with Crippen LogP contribution < -0.4 is 11.1 Å². The molecule has 0 saturated heterocycles. The van der Waals surface area contributed by atoms with Gasteiger partial charge in [0.25, 0.3) is 0 Å². The molecule has 0 spiro atoms. The Morgan fingerprint density at radius 1 is 1.25 bits per heavy atom. The molecule has 0 bridgehead atoms. The first-order valence-corrected chi connectivity index (χ1v) is 5.32. The number of nitrogens with two attached hydrogens (primary N) is 1. The van der Waals surface area contributed by atoms with E-state index in [9.17, 15) is 0 Å². The summed E-state index contributed by atoms with van der Waals surface area (Å²) in [6.07, 6.45) is 3.42. The van der Waals surface area contributed by atoms with Crippen LogP contribution in [0.3, 0.4) is 0 Å². The summed E-state index contributed by atoms with van der Waals surface area (Å²) in [5.74, 6) is 0. The molecule has 82 valence electrons. The molecule has 3 N–H and O–H groups in total. The summed E-state index contributed by atoms with van der Waals surface area (Å²) in [5, 5.41) is 3.92. The minimum Gasteiger partial charge on any atom is -0.398 e. The number of benzene rings is 1. The molecule has 4 heteroatoms. The number of rotatable bonds is 3. The predicted octanol–water partition coefficient (Wildman–Crippen LogP) is 2.93. The van der Waals surface area contributed by atoms with E-state index in [1.54, 1.807) is 18.5 Å². The van der Waals surface area contributed by atoms with Gasteiger partial charge in [-0.15, -0.1) is 0 Å². The normalized spacial score (nSPS) is 10.1. The molecule has 16 heavy (non-hydrogen) atoms. The van der Waals surface area contributed by atoms with Gasteiger partial charge < -0.3 is 11.1 Å². The second-order valence-corrected chi connectivity index (χ2v) is 3.82. The Morgan fingerprint density at radius 2 is 2.06 bits per heavy atom. The second kappa shape index (κ2) is 4.86. The van der Waals surface area contributed by atoms with Crippen molar-refractivity contribution in [3.63, 3.8) is 0 Å². The largest absolute Gasteiger partial charge is 0.398 e. The van der Waals surface area contributed by atoms with Gasteiger partial charge in [0.1, 0.15) is 0 Å². The van der Waals surface area contributed by atoms with Crippen LogP contribution in [0.4, 0.5) is 11.4 Å². The van der Waals surface area contributed by atoms with Gasteiger partial charge in [0.05, 0.1) is 10.7 Å². The fourth-order valence-electron chi connectivity index (χ4n) is 1.38. The van der Waals surface area contributed by atoms with Crippen molar-refractivity contribution in [3.8, 4) is 0 Å². The third kappa shape index (κ3) is 2.44. The molecular formula is C12H12ClN3. The predicted molar refractivity (Wildman–Crippen MR) is 67.4 cm³/mol. The van der Waals surface area contributed by atoms with E-state index >= 15 is 0 Å². The minimum atomic E-state index is 0.614. The summed E-state index contributed by atoms with van der Waals surface area (Å²) in [7, 11) is 0. The van der Waals surface area contributed by atoms with Crippen LogP contribution in [-0.2, 0) is 6.54 Å². The molecule has 1 aromatic carbocycles. The smallest absolute Gasteiger partial charge is 0.0637 e. The molecule has 0 aliphatic heterocycles. The zero-order valence-electron chi connectivity index (χ0n) is 8.65. The average Bonchev–Trinajstić information content (AvgIpc) is 2.30. The maximum Gasteiger partial charge on any atom is 0.0637 e. The number of anilines is 2. The van der Waals surface area contributed by atoms with E-state index in [1.807, 2.05) is 24.3 Å². The Labute approximate surface area is 99.3 Å². The number of pyridine rings is 1. The van der Waals surface area contributed by atoms with Crippen molar-refractivity contribution >= 4 is 23.0 Å². The number of nitrogens with one attached hydrogen (secondary N) is 1. The quantitative estimate of drug-likeness (QED) is 0.857. The highest BCUT2D eigenvalue weighted by Gasteiger charge is 2.00. The van der Waals surface area contributed by atoms with Gasteiger partial charge in [-0.1, -0.05) is 23.7 Å². The lowest BCUT2D eigenvalue weighted by Gasteiger charge is -2.09. The molecular weight excluding hydrogens is 222 g/mol. The molecule has 0 unspecified atom stereocenters. The first kappa shape index (κ1) is 10.8. The molecule has 2 rings (SSSR count). The van der Waals surface area contributed by atoms with Crippen molar-refractivity contribution in [3.05, 3.63) is 53.3 Å². The SMILES string of the molecule is Nc1ccncc1CNc1ccccc1Cl. The Kier molecular flexibility index (Phi) is 3.27. The fourth-order valence-corrected chi connectivity index (χ4v) is 1.58. The van der Waals surface area contributed by atoms with Gasteiger partial charge in [-0.2, -0.15) is 0 Å². The summed E-state index contributed by atoms with van der Waals surface area (Å²) in [5.41, 5.74) is 8.40. The topological polar surface area (TPSA) is 50.9 Å². The summed E-state index contributed by atoms with van der Waals surface area (Å²) in [6.45, 7) is 0.614. The first-order valence-electron chi connectivity index (χ1n) is 4.94. The molecule has 0 radical (unpaired) electrons. The zero-order valence-corrected chi connectivity index (χ0v) is 9.41. The monoisotopic (exact) mass is 233 g/mol. The van der Waals surface area contributed by atoms with E-state index < -0.39 is 0 Å². The van der Waals surface area contributed by atoms with Crippen LogP contribution in [0.25, 0.3) is 0 Å². The van der Waals surface area contributed by atoms with Crippen LogP contribution in [0, 0.1) is 0 Å². The van der Waals surface area contributed by atoms with Crippen molar-refractivity contribution in [1.82, 2.24) is 4.98 Å². The van der Waals surface area contributed by atoms with Gasteiger partial charge in [-0.3, -0.25) is 4.98 Å². The Bertz CT molecular complexity index is 440. The van der Waals surface area contributed by atoms with E-state index in [4.69, 9.17) is 17.3 Å². The maximum absolute atomic E-state index is 6.02. The molecule has 0 aliphatic carbocycles. The van der Waals surface area contributed by atoms with Crippen LogP contribution in [0.1, 0.15) is 5.56 Å². The molecule has 0 saturated carbocycles. The zero-order chi connectivity index (χ0) is 11.4. The van der Waals surface area contributed by atoms with Crippen LogP contribution in [-0.4, -0.2) is 4.98 Å². The molecule has 0 fully saturated rings. The second-order valence-electron chi connectivity index (χ2n) is 3.41. The van der Waals surface area contributed by atoms with Crippen molar-refractivity contribution in [2.75, 3.05) is 11.1 Å². The highest BCUT2D eigenvalue weighted by atomic mass is 35.5. The standard InChI is InChI=1S/C12H12ClN3/c13-10-3-1-2-4-12(10)16-8-9-7-15-6-5-11(9)14/h1-7,16H,8H2,(H2,14,15). The highest BCUT2D eigenvalue weighted by molar-refractivity contribution is 6.33. The molecule has 0 aliphatic rings. The molecule has 1 aromatic heterocycles. The lowest BCUT2D eigenvalue weighted by atomic mass is 10.2. The third-order valence-corrected chi connectivity index (χ3v) is 2.61. The van der Waals surface area contributed by atoms with Crippen LogP contribution in [0.15, 0.2) is 42.7 Å². The van der Waals surface area contributed by atoms with E-state index in [0.717, 1.165) is 16.9 Å². The number of hydrogen-bond donors (Lipinski definition) is 2. The van der Waals surface area contributed by atoms with E-state index in [-0.39, 0.29) is 0 Å². The lowest BCUT2D eigenvalue weighted by Crippen LogP contribution is -2.03. The summed E-state index contributed by atoms with van der Waals surface area (Å²) in [6, 6.07) is 9.38. The number of nitrogen functional groups attached to an aromatic ring is 1. The Balaban J connectivity index is 2.09. The van der Waals surface area contributed by atoms with Gasteiger partial charge >= 0.3 is 0 Å². The van der Waals surface area contributed by atoms with Crippen molar-refractivity contribution in [2.45, 2.75) is 6.54 Å². The van der Waals surface area contributed by atoms with Crippen molar-refractivity contribution < 1.29 is 0 Å². The number of aromatic nitrogens is 1. The third-order valence-electron chi connectivity index (χ3n) is 2.28. The first-order chi connectivity index (χ1) is 7.77. The van der Waals surface area contributed by atoms with Crippen molar-refractivity contribution in [1.29, 1.82) is 0 Å². The molecule has 0 atom stereocenters. The summed E-state index contributed by atoms with van der Waals surface area (Å²) < 4.78 is 0.